The summed E-state index contributed by atoms with van der Waals surface area (Å²) in [6, 6.07) is 7.19. The van der Waals surface area contributed by atoms with Gasteiger partial charge in [-0.2, -0.15) is 0 Å². The van der Waals surface area contributed by atoms with E-state index in [4.69, 9.17) is 20.8 Å². The summed E-state index contributed by atoms with van der Waals surface area (Å²) < 4.78 is 11.2. The maximum absolute atomic E-state index is 12.3. The minimum absolute atomic E-state index is 0.0458. The Morgan fingerprint density at radius 2 is 2.08 bits per heavy atom. The average molecular weight is 368 g/mol. The molecule has 2 atom stereocenters. The van der Waals surface area contributed by atoms with Crippen LogP contribution in [0.1, 0.15) is 13.8 Å². The van der Waals surface area contributed by atoms with E-state index in [9.17, 15) is 4.79 Å². The van der Waals surface area contributed by atoms with Gasteiger partial charge in [0.05, 0.1) is 18.0 Å². The van der Waals surface area contributed by atoms with Gasteiger partial charge in [-0.05, 0) is 32.0 Å². The Kier molecular flexibility index (Phi) is 5.43. The molecule has 0 radical (unpaired) electrons. The number of morpholine rings is 1. The van der Waals surface area contributed by atoms with Gasteiger partial charge in [0.15, 0.2) is 0 Å². The fourth-order valence-electron chi connectivity index (χ4n) is 2.60. The van der Waals surface area contributed by atoms with Gasteiger partial charge < -0.3 is 14.1 Å². The number of nitrogens with zero attached hydrogens (tertiary/aromatic N) is 3. The van der Waals surface area contributed by atoms with E-state index in [0.29, 0.717) is 29.2 Å². The Labute approximate surface area is 149 Å². The van der Waals surface area contributed by atoms with E-state index >= 15 is 0 Å². The molecule has 1 saturated heterocycles. The van der Waals surface area contributed by atoms with Crippen molar-refractivity contribution in [2.24, 2.45) is 0 Å². The highest BCUT2D eigenvalue weighted by Crippen LogP contribution is 2.25. The van der Waals surface area contributed by atoms with E-state index < -0.39 is 0 Å². The van der Waals surface area contributed by atoms with Crippen LogP contribution >= 0.6 is 23.4 Å². The molecule has 1 aliphatic rings. The molecular formula is C16H18ClN3O3S. The van der Waals surface area contributed by atoms with Crippen LogP contribution < -0.4 is 0 Å². The number of thioether (sulfide) groups is 1. The monoisotopic (exact) mass is 367 g/mol. The van der Waals surface area contributed by atoms with Crippen LogP contribution in [0, 0.1) is 0 Å². The van der Waals surface area contributed by atoms with Crippen molar-refractivity contribution in [3.63, 3.8) is 0 Å². The Bertz CT molecular complexity index is 714. The van der Waals surface area contributed by atoms with E-state index in [0.717, 1.165) is 5.56 Å². The minimum Gasteiger partial charge on any atom is -0.411 e. The zero-order valence-electron chi connectivity index (χ0n) is 13.4. The van der Waals surface area contributed by atoms with E-state index in [1.165, 1.54) is 11.8 Å². The number of hydrogen-bond acceptors (Lipinski definition) is 6. The van der Waals surface area contributed by atoms with Crippen molar-refractivity contribution in [3.05, 3.63) is 29.3 Å². The fraction of sp³-hybridized carbons (Fsp3) is 0.438. The summed E-state index contributed by atoms with van der Waals surface area (Å²) in [5.41, 5.74) is 0.754. The lowest BCUT2D eigenvalue weighted by Crippen LogP contribution is -2.48. The number of amides is 1. The molecule has 1 fully saturated rings. The third-order valence-corrected chi connectivity index (χ3v) is 4.61. The van der Waals surface area contributed by atoms with Crippen molar-refractivity contribution in [2.45, 2.75) is 31.3 Å². The molecule has 1 aliphatic heterocycles. The molecule has 0 bridgehead atoms. The highest BCUT2D eigenvalue weighted by Gasteiger charge is 2.26. The maximum Gasteiger partial charge on any atom is 0.277 e. The molecule has 0 aliphatic carbocycles. The molecule has 2 aromatic rings. The zero-order valence-corrected chi connectivity index (χ0v) is 15.0. The molecule has 0 spiro atoms. The first-order valence-corrected chi connectivity index (χ1v) is 9.03. The van der Waals surface area contributed by atoms with Crippen molar-refractivity contribution < 1.29 is 13.9 Å². The van der Waals surface area contributed by atoms with Crippen LogP contribution in [0.3, 0.4) is 0 Å². The Morgan fingerprint density at radius 3 is 2.79 bits per heavy atom. The number of aromatic nitrogens is 2. The molecule has 24 heavy (non-hydrogen) atoms. The van der Waals surface area contributed by atoms with Gasteiger partial charge in [-0.3, -0.25) is 4.79 Å². The summed E-state index contributed by atoms with van der Waals surface area (Å²) in [7, 11) is 0. The lowest BCUT2D eigenvalue weighted by atomic mass is 10.2. The first kappa shape index (κ1) is 17.3. The summed E-state index contributed by atoms with van der Waals surface area (Å²) in [6.07, 6.45) is 0.112. The van der Waals surface area contributed by atoms with Crippen molar-refractivity contribution in [1.29, 1.82) is 0 Å². The number of carbonyl (C=O) groups excluding carboxylic acids is 1. The minimum atomic E-state index is 0.0458. The second-order valence-corrected chi connectivity index (χ2v) is 7.09. The van der Waals surface area contributed by atoms with Gasteiger partial charge in [-0.15, -0.1) is 10.2 Å². The van der Waals surface area contributed by atoms with Gasteiger partial charge in [0.2, 0.25) is 11.8 Å². The summed E-state index contributed by atoms with van der Waals surface area (Å²) in [6.45, 7) is 5.17. The highest BCUT2D eigenvalue weighted by atomic mass is 35.5. The van der Waals surface area contributed by atoms with Crippen LogP contribution in [0.15, 0.2) is 33.9 Å². The normalized spacial score (nSPS) is 21.0. The summed E-state index contributed by atoms with van der Waals surface area (Å²) >= 11 is 7.20. The SMILES string of the molecule is C[C@H]1CN(C(=O)CSc2nnc(-c3cccc(Cl)c3)o2)C[C@H](C)O1. The van der Waals surface area contributed by atoms with Crippen LogP contribution in [0.5, 0.6) is 0 Å². The molecular weight excluding hydrogens is 350 g/mol. The Balaban J connectivity index is 1.58. The molecule has 0 N–H and O–H groups in total. The standard InChI is InChI=1S/C16H18ClN3O3S/c1-10-7-20(8-11(2)22-10)14(21)9-24-16-19-18-15(23-16)12-4-3-5-13(17)6-12/h3-6,10-11H,7-9H2,1-2H3/t10-,11-/m0/s1. The summed E-state index contributed by atoms with van der Waals surface area (Å²) in [5, 5.41) is 8.95. The van der Waals surface area contributed by atoms with E-state index in [2.05, 4.69) is 10.2 Å². The largest absolute Gasteiger partial charge is 0.411 e. The lowest BCUT2D eigenvalue weighted by molar-refractivity contribution is -0.140. The van der Waals surface area contributed by atoms with E-state index in [-0.39, 0.29) is 23.9 Å². The van der Waals surface area contributed by atoms with Crippen molar-refractivity contribution in [3.8, 4) is 11.5 Å². The van der Waals surface area contributed by atoms with Crippen molar-refractivity contribution in [1.82, 2.24) is 15.1 Å². The first-order chi connectivity index (χ1) is 11.5. The smallest absolute Gasteiger partial charge is 0.277 e. The van der Waals surface area contributed by atoms with Gasteiger partial charge in [0, 0.05) is 23.7 Å². The second-order valence-electron chi connectivity index (χ2n) is 5.73. The molecule has 0 unspecified atom stereocenters. The molecule has 8 heteroatoms. The molecule has 0 saturated carbocycles. The lowest BCUT2D eigenvalue weighted by Gasteiger charge is -2.35. The van der Waals surface area contributed by atoms with Gasteiger partial charge in [0.1, 0.15) is 0 Å². The predicted octanol–water partition coefficient (Wildman–Crippen LogP) is 3.12. The molecule has 128 valence electrons. The molecule has 1 amide bonds. The first-order valence-electron chi connectivity index (χ1n) is 7.66. The third kappa shape index (κ3) is 4.28. The van der Waals surface area contributed by atoms with Crippen LogP contribution in [0.2, 0.25) is 5.02 Å². The van der Waals surface area contributed by atoms with Gasteiger partial charge >= 0.3 is 0 Å². The van der Waals surface area contributed by atoms with Gasteiger partial charge in [-0.25, -0.2) is 0 Å². The molecule has 6 nitrogen and oxygen atoms in total. The van der Waals surface area contributed by atoms with E-state index in [1.807, 2.05) is 30.9 Å². The molecule has 1 aromatic carbocycles. The average Bonchev–Trinajstić information content (AvgIpc) is 3.00. The number of benzene rings is 1. The van der Waals surface area contributed by atoms with Crippen molar-refractivity contribution in [2.75, 3.05) is 18.8 Å². The van der Waals surface area contributed by atoms with Crippen LogP contribution in [0.25, 0.3) is 11.5 Å². The quantitative estimate of drug-likeness (QED) is 0.773. The van der Waals surface area contributed by atoms with Crippen LogP contribution in [0.4, 0.5) is 0 Å². The molecule has 3 rings (SSSR count). The highest BCUT2D eigenvalue weighted by molar-refractivity contribution is 7.99. The third-order valence-electron chi connectivity index (χ3n) is 3.57. The summed E-state index contributed by atoms with van der Waals surface area (Å²) in [4.78, 5) is 14.1. The van der Waals surface area contributed by atoms with Gasteiger partial charge in [0.25, 0.3) is 5.22 Å². The Morgan fingerprint density at radius 1 is 1.33 bits per heavy atom. The van der Waals surface area contributed by atoms with Crippen molar-refractivity contribution >= 4 is 29.3 Å². The molecule has 2 heterocycles. The zero-order chi connectivity index (χ0) is 17.1. The predicted molar refractivity (Wildman–Crippen MR) is 92.1 cm³/mol. The second kappa shape index (κ2) is 7.55. The topological polar surface area (TPSA) is 68.5 Å². The Hall–Kier alpha value is -1.57. The fourth-order valence-corrected chi connectivity index (χ4v) is 3.46. The van der Waals surface area contributed by atoms with Crippen LogP contribution in [-0.2, 0) is 9.53 Å². The number of ether oxygens (including phenoxy) is 1. The van der Waals surface area contributed by atoms with E-state index in [1.54, 1.807) is 12.1 Å². The maximum atomic E-state index is 12.3. The number of hydrogen-bond donors (Lipinski definition) is 0. The summed E-state index contributed by atoms with van der Waals surface area (Å²) in [5.74, 6) is 0.696. The molecule has 1 aromatic heterocycles. The number of halogens is 1. The number of rotatable bonds is 4. The van der Waals surface area contributed by atoms with Gasteiger partial charge in [-0.1, -0.05) is 29.4 Å². The number of carbonyl (C=O) groups is 1. The van der Waals surface area contributed by atoms with Crippen LogP contribution in [-0.4, -0.2) is 52.1 Å².